The summed E-state index contributed by atoms with van der Waals surface area (Å²) >= 11 is 5.96. The molecule has 0 radical (unpaired) electrons. The fourth-order valence-electron chi connectivity index (χ4n) is 3.75. The van der Waals surface area contributed by atoms with Crippen molar-refractivity contribution in [1.82, 2.24) is 24.7 Å². The molecule has 2 N–H and O–H groups in total. The number of rotatable bonds is 7. The lowest BCUT2D eigenvalue weighted by Crippen LogP contribution is -2.09. The first kappa shape index (κ1) is 21.0. The molecule has 0 aliphatic carbocycles. The van der Waals surface area contributed by atoms with Crippen LogP contribution in [0.25, 0.3) is 22.6 Å². The molecule has 0 amide bonds. The van der Waals surface area contributed by atoms with Crippen LogP contribution in [0, 0.1) is 5.82 Å². The van der Waals surface area contributed by atoms with Crippen LogP contribution >= 0.6 is 11.6 Å². The molecule has 31 heavy (non-hydrogen) atoms. The average molecular weight is 442 g/mol. The zero-order valence-corrected chi connectivity index (χ0v) is 17.9. The van der Waals surface area contributed by atoms with Crippen LogP contribution in [0.15, 0.2) is 30.5 Å². The number of aromatic nitrogens is 5. The van der Waals surface area contributed by atoms with Gasteiger partial charge in [0.25, 0.3) is 0 Å². The highest BCUT2D eigenvalue weighted by atomic mass is 35.5. The van der Waals surface area contributed by atoms with Gasteiger partial charge in [0.2, 0.25) is 0 Å². The molecule has 3 aromatic heterocycles. The molecule has 0 saturated carbocycles. The monoisotopic (exact) mass is 441 g/mol. The zero-order valence-electron chi connectivity index (χ0n) is 17.1. The van der Waals surface area contributed by atoms with Gasteiger partial charge in [-0.25, -0.2) is 14.4 Å². The zero-order chi connectivity index (χ0) is 22.1. The summed E-state index contributed by atoms with van der Waals surface area (Å²) in [5.74, 6) is -0.791. The van der Waals surface area contributed by atoms with Crippen LogP contribution in [0.2, 0.25) is 5.02 Å². The molecular weight excluding hydrogens is 421 g/mol. The predicted octanol–water partition coefficient (Wildman–Crippen LogP) is 4.41. The first-order valence-electron chi connectivity index (χ1n) is 9.98. The van der Waals surface area contributed by atoms with E-state index in [9.17, 15) is 14.3 Å². The lowest BCUT2D eigenvalue weighted by Gasteiger charge is -2.09. The maximum absolute atomic E-state index is 15.0. The van der Waals surface area contributed by atoms with Gasteiger partial charge in [-0.15, -0.1) is 0 Å². The van der Waals surface area contributed by atoms with E-state index in [1.807, 2.05) is 13.8 Å². The van der Waals surface area contributed by atoms with E-state index in [-0.39, 0.29) is 18.8 Å². The first-order chi connectivity index (χ1) is 14.9. The van der Waals surface area contributed by atoms with Gasteiger partial charge in [-0.3, -0.25) is 9.48 Å². The van der Waals surface area contributed by atoms with Gasteiger partial charge in [0.15, 0.2) is 5.65 Å². The lowest BCUT2D eigenvalue weighted by atomic mass is 10.1. The van der Waals surface area contributed by atoms with Crippen molar-refractivity contribution in [2.75, 3.05) is 0 Å². The highest BCUT2D eigenvalue weighted by molar-refractivity contribution is 6.31. The van der Waals surface area contributed by atoms with Gasteiger partial charge in [0.05, 0.1) is 29.2 Å². The van der Waals surface area contributed by atoms with Crippen molar-refractivity contribution in [3.63, 3.8) is 0 Å². The van der Waals surface area contributed by atoms with Crippen LogP contribution in [-0.4, -0.2) is 35.8 Å². The number of hydrogen-bond acceptors (Lipinski definition) is 4. The molecule has 4 aromatic rings. The smallest absolute Gasteiger partial charge is 0.307 e. The minimum Gasteiger partial charge on any atom is -0.481 e. The van der Waals surface area contributed by atoms with Crippen molar-refractivity contribution in [3.8, 4) is 11.4 Å². The van der Waals surface area contributed by atoms with Crippen LogP contribution in [-0.2, 0) is 30.6 Å². The Morgan fingerprint density at radius 2 is 2.06 bits per heavy atom. The normalized spacial score (nSPS) is 11.4. The van der Waals surface area contributed by atoms with E-state index < -0.39 is 5.97 Å². The first-order valence-corrected chi connectivity index (χ1v) is 10.4. The topological polar surface area (TPSA) is 96.7 Å². The molecule has 0 bridgehead atoms. The molecule has 0 atom stereocenters. The summed E-state index contributed by atoms with van der Waals surface area (Å²) in [5.41, 5.74) is 4.52. The van der Waals surface area contributed by atoms with Crippen molar-refractivity contribution < 1.29 is 14.3 Å². The van der Waals surface area contributed by atoms with Crippen molar-refractivity contribution in [2.24, 2.45) is 0 Å². The molecule has 0 fully saturated rings. The number of halogens is 2. The van der Waals surface area contributed by atoms with Gasteiger partial charge < -0.3 is 10.1 Å². The second-order valence-electron chi connectivity index (χ2n) is 7.22. The summed E-state index contributed by atoms with van der Waals surface area (Å²) in [7, 11) is 0. The van der Waals surface area contributed by atoms with Crippen LogP contribution in [0.4, 0.5) is 4.39 Å². The van der Waals surface area contributed by atoms with Crippen LogP contribution in [0.5, 0.6) is 0 Å². The Morgan fingerprint density at radius 1 is 1.26 bits per heavy atom. The minimum atomic E-state index is -0.902. The Bertz CT molecular complexity index is 1280. The summed E-state index contributed by atoms with van der Waals surface area (Å²) in [6.07, 6.45) is 2.66. The fourth-order valence-corrected chi connectivity index (χ4v) is 3.91. The maximum atomic E-state index is 15.0. The lowest BCUT2D eigenvalue weighted by molar-refractivity contribution is -0.136. The van der Waals surface area contributed by atoms with Crippen molar-refractivity contribution >= 4 is 28.7 Å². The second-order valence-corrected chi connectivity index (χ2v) is 7.66. The average Bonchev–Trinajstić information content (AvgIpc) is 3.29. The molecule has 0 unspecified atom stereocenters. The number of carboxylic acids is 1. The summed E-state index contributed by atoms with van der Waals surface area (Å²) in [6.45, 7) is 4.10. The standard InChI is InChI=1S/C22H21ClFN5O2/c1-3-17-15(9-20(30)31)19(4-2)29(28-17)11-13-6-5-12(7-16(13)24)21-26-18-8-14(23)10-25-22(18)27-21/h5-8,10H,3-4,9,11H2,1-2H3,(H,30,31)(H,25,26,27). The van der Waals surface area contributed by atoms with Gasteiger partial charge in [0.1, 0.15) is 11.6 Å². The predicted molar refractivity (Wildman–Crippen MR) is 116 cm³/mol. The number of carboxylic acid groups (broad SMARTS) is 1. The minimum absolute atomic E-state index is 0.0854. The highest BCUT2D eigenvalue weighted by Gasteiger charge is 2.19. The van der Waals surface area contributed by atoms with Crippen molar-refractivity contribution in [1.29, 1.82) is 0 Å². The highest BCUT2D eigenvalue weighted by Crippen LogP contribution is 2.25. The third kappa shape index (κ3) is 4.16. The molecule has 0 saturated heterocycles. The Balaban J connectivity index is 1.66. The molecule has 160 valence electrons. The Kier molecular flexibility index (Phi) is 5.73. The van der Waals surface area contributed by atoms with Gasteiger partial charge in [-0.2, -0.15) is 5.10 Å². The number of H-pyrrole nitrogens is 1. The summed E-state index contributed by atoms with van der Waals surface area (Å²) in [5, 5.41) is 14.3. The molecule has 7 nitrogen and oxygen atoms in total. The molecular formula is C22H21ClFN5O2. The number of benzene rings is 1. The molecule has 1 aromatic carbocycles. The van der Waals surface area contributed by atoms with E-state index in [1.54, 1.807) is 22.9 Å². The molecule has 3 heterocycles. The second kappa shape index (κ2) is 8.47. The molecule has 4 rings (SSSR count). The van der Waals surface area contributed by atoms with E-state index in [4.69, 9.17) is 11.6 Å². The van der Waals surface area contributed by atoms with E-state index in [0.717, 1.165) is 17.0 Å². The maximum Gasteiger partial charge on any atom is 0.307 e. The number of aryl methyl sites for hydroxylation is 1. The number of fused-ring (bicyclic) bond motifs is 1. The number of pyridine rings is 1. The Morgan fingerprint density at radius 3 is 2.74 bits per heavy atom. The number of imidazole rings is 1. The number of aliphatic carboxylic acids is 1. The summed E-state index contributed by atoms with van der Waals surface area (Å²) < 4.78 is 16.7. The van der Waals surface area contributed by atoms with E-state index >= 15 is 0 Å². The SMILES string of the molecule is CCc1nn(Cc2ccc(-c3nc4ncc(Cl)cc4[nH]3)cc2F)c(CC)c1CC(=O)O. The van der Waals surface area contributed by atoms with Crippen LogP contribution < -0.4 is 0 Å². The third-order valence-electron chi connectivity index (χ3n) is 5.20. The number of hydrogen-bond donors (Lipinski definition) is 2. The van der Waals surface area contributed by atoms with Gasteiger partial charge in [-0.1, -0.05) is 37.6 Å². The van der Waals surface area contributed by atoms with Crippen molar-refractivity contribution in [2.45, 2.75) is 39.7 Å². The Hall–Kier alpha value is -3.26. The number of carbonyl (C=O) groups is 1. The van der Waals surface area contributed by atoms with Gasteiger partial charge in [0, 0.05) is 28.6 Å². The van der Waals surface area contributed by atoms with Gasteiger partial charge >= 0.3 is 5.97 Å². The number of nitrogens with zero attached hydrogens (tertiary/aromatic N) is 4. The number of aromatic amines is 1. The Labute approximate surface area is 182 Å². The van der Waals surface area contributed by atoms with Gasteiger partial charge in [-0.05, 0) is 25.0 Å². The molecule has 0 aliphatic rings. The quantitative estimate of drug-likeness (QED) is 0.442. The molecule has 9 heteroatoms. The van der Waals surface area contributed by atoms with E-state index in [2.05, 4.69) is 20.1 Å². The molecule has 0 aliphatic heterocycles. The summed E-state index contributed by atoms with van der Waals surface area (Å²) in [4.78, 5) is 22.9. The molecule has 0 spiro atoms. The third-order valence-corrected chi connectivity index (χ3v) is 5.40. The van der Waals surface area contributed by atoms with Crippen molar-refractivity contribution in [3.05, 3.63) is 63.8 Å². The van der Waals surface area contributed by atoms with Crippen LogP contribution in [0.1, 0.15) is 36.4 Å². The summed E-state index contributed by atoms with van der Waals surface area (Å²) in [6, 6.07) is 6.62. The largest absolute Gasteiger partial charge is 0.481 e. The van der Waals surface area contributed by atoms with Crippen LogP contribution in [0.3, 0.4) is 0 Å². The van der Waals surface area contributed by atoms with E-state index in [0.29, 0.717) is 46.0 Å². The fraction of sp³-hybridized carbons (Fsp3) is 0.273. The number of nitrogens with one attached hydrogen (secondary N) is 1. The van der Waals surface area contributed by atoms with E-state index in [1.165, 1.54) is 12.3 Å².